The molecule has 1 unspecified atom stereocenters. The summed E-state index contributed by atoms with van der Waals surface area (Å²) >= 11 is 0. The van der Waals surface area contributed by atoms with Crippen LogP contribution in [0.1, 0.15) is 149 Å². The Morgan fingerprint density at radius 3 is 1.47 bits per heavy atom. The number of rotatable bonds is 24. The van der Waals surface area contributed by atoms with Crippen LogP contribution in [0, 0.1) is 5.92 Å². The Bertz CT molecular complexity index is 422. The number of ether oxygens (including phenoxy) is 2. The highest BCUT2D eigenvalue weighted by Gasteiger charge is 2.12. The second-order valence-electron chi connectivity index (χ2n) is 9.41. The van der Waals surface area contributed by atoms with Gasteiger partial charge < -0.3 is 9.47 Å². The van der Waals surface area contributed by atoms with Crippen molar-refractivity contribution >= 4 is 11.9 Å². The van der Waals surface area contributed by atoms with Gasteiger partial charge >= 0.3 is 11.9 Å². The van der Waals surface area contributed by atoms with Crippen LogP contribution in [0.5, 0.6) is 0 Å². The highest BCUT2D eigenvalue weighted by Crippen LogP contribution is 2.19. The van der Waals surface area contributed by atoms with E-state index in [9.17, 15) is 9.59 Å². The molecule has 0 rings (SSSR count). The number of carbonyl (C=O) groups is 2. The maximum absolute atomic E-state index is 11.9. The highest BCUT2D eigenvalue weighted by atomic mass is 16.5. The van der Waals surface area contributed by atoms with E-state index < -0.39 is 0 Å². The van der Waals surface area contributed by atoms with E-state index in [0.29, 0.717) is 32.0 Å². The summed E-state index contributed by atoms with van der Waals surface area (Å²) in [4.78, 5) is 23.4. The van der Waals surface area contributed by atoms with Gasteiger partial charge in [0, 0.05) is 12.8 Å². The smallest absolute Gasteiger partial charge is 0.306 e. The van der Waals surface area contributed by atoms with Gasteiger partial charge in [0.2, 0.25) is 0 Å². The Balaban J connectivity index is 3.36. The van der Waals surface area contributed by atoms with Crippen molar-refractivity contribution in [3.8, 4) is 0 Å². The maximum atomic E-state index is 11.9. The molecule has 4 heteroatoms. The largest absolute Gasteiger partial charge is 0.466 e. The molecule has 4 nitrogen and oxygen atoms in total. The molecule has 0 aliphatic heterocycles. The predicted molar refractivity (Wildman–Crippen MR) is 135 cm³/mol. The van der Waals surface area contributed by atoms with Crippen molar-refractivity contribution in [1.82, 2.24) is 0 Å². The van der Waals surface area contributed by atoms with E-state index >= 15 is 0 Å². The lowest BCUT2D eigenvalue weighted by Gasteiger charge is -2.14. The summed E-state index contributed by atoms with van der Waals surface area (Å²) in [5.41, 5.74) is 0. The third kappa shape index (κ3) is 22.1. The van der Waals surface area contributed by atoms with Crippen LogP contribution >= 0.6 is 0 Å². The average molecular weight is 455 g/mol. The summed E-state index contributed by atoms with van der Waals surface area (Å²) in [6.45, 7) is 7.58. The van der Waals surface area contributed by atoms with Crippen molar-refractivity contribution < 1.29 is 19.1 Å². The molecule has 0 aliphatic carbocycles. The molecule has 0 fully saturated rings. The molecule has 0 heterocycles. The normalized spacial score (nSPS) is 12.0. The molecule has 0 saturated carbocycles. The molecular weight excluding hydrogens is 400 g/mol. The van der Waals surface area contributed by atoms with Crippen molar-refractivity contribution in [2.75, 3.05) is 13.2 Å². The zero-order valence-corrected chi connectivity index (χ0v) is 21.8. The lowest BCUT2D eigenvalue weighted by atomic mass is 9.95. The fraction of sp³-hybridized carbons (Fsp3) is 0.929. The van der Waals surface area contributed by atoms with Crippen LogP contribution in [0.15, 0.2) is 0 Å². The van der Waals surface area contributed by atoms with Gasteiger partial charge in [-0.25, -0.2) is 0 Å². The molecule has 1 atom stereocenters. The Kier molecular flexibility index (Phi) is 23.8. The minimum atomic E-state index is -0.0198. The third-order valence-corrected chi connectivity index (χ3v) is 6.30. The molecule has 0 amide bonds. The number of unbranched alkanes of at least 4 members (excludes halogenated alkanes) is 13. The van der Waals surface area contributed by atoms with Gasteiger partial charge in [-0.15, -0.1) is 0 Å². The van der Waals surface area contributed by atoms with Gasteiger partial charge in [-0.1, -0.05) is 111 Å². The number of carbonyl (C=O) groups excluding carboxylic acids is 2. The fourth-order valence-electron chi connectivity index (χ4n) is 3.95. The molecule has 0 bridgehead atoms. The van der Waals surface area contributed by atoms with Crippen molar-refractivity contribution in [1.29, 1.82) is 0 Å². The highest BCUT2D eigenvalue weighted by molar-refractivity contribution is 5.69. The van der Waals surface area contributed by atoms with E-state index in [1.165, 1.54) is 64.2 Å². The fourth-order valence-corrected chi connectivity index (χ4v) is 3.95. The summed E-state index contributed by atoms with van der Waals surface area (Å²) in [5, 5.41) is 0. The summed E-state index contributed by atoms with van der Waals surface area (Å²) in [6.07, 6.45) is 22.8. The number of hydrogen-bond donors (Lipinski definition) is 0. The minimum absolute atomic E-state index is 0.00443. The Morgan fingerprint density at radius 2 is 1.00 bits per heavy atom. The van der Waals surface area contributed by atoms with Gasteiger partial charge in [0.05, 0.1) is 13.2 Å². The third-order valence-electron chi connectivity index (χ3n) is 6.30. The molecule has 0 aromatic heterocycles. The van der Waals surface area contributed by atoms with Crippen LogP contribution in [0.25, 0.3) is 0 Å². The quantitative estimate of drug-likeness (QED) is 0.108. The van der Waals surface area contributed by atoms with Crippen LogP contribution < -0.4 is 0 Å². The minimum Gasteiger partial charge on any atom is -0.466 e. The number of hydrogen-bond acceptors (Lipinski definition) is 4. The summed E-state index contributed by atoms with van der Waals surface area (Å²) in [6, 6.07) is 0. The summed E-state index contributed by atoms with van der Waals surface area (Å²) in [7, 11) is 0. The van der Waals surface area contributed by atoms with E-state index in [1.807, 2.05) is 0 Å². The zero-order valence-electron chi connectivity index (χ0n) is 21.8. The standard InChI is InChI=1S/C28H54O4/c1-4-7-23-31-27(29)22-20-18-16-14-12-10-9-11-13-15-17-19-21-26(6-3)25-28(30)32-24-8-5-2/h26H,4-25H2,1-3H3. The van der Waals surface area contributed by atoms with Gasteiger partial charge in [0.25, 0.3) is 0 Å². The Labute approximate surface area is 199 Å². The lowest BCUT2D eigenvalue weighted by molar-refractivity contribution is -0.145. The average Bonchev–Trinajstić information content (AvgIpc) is 2.78. The van der Waals surface area contributed by atoms with Crippen molar-refractivity contribution in [2.24, 2.45) is 5.92 Å². The first-order valence-electron chi connectivity index (χ1n) is 13.9. The maximum Gasteiger partial charge on any atom is 0.306 e. The molecule has 0 aromatic rings. The van der Waals surface area contributed by atoms with E-state index in [0.717, 1.165) is 51.4 Å². The first kappa shape index (κ1) is 30.9. The molecule has 190 valence electrons. The van der Waals surface area contributed by atoms with Crippen LogP contribution in [-0.4, -0.2) is 25.2 Å². The van der Waals surface area contributed by atoms with E-state index in [2.05, 4.69) is 20.8 Å². The van der Waals surface area contributed by atoms with Crippen molar-refractivity contribution in [3.05, 3.63) is 0 Å². The van der Waals surface area contributed by atoms with Crippen LogP contribution in [0.4, 0.5) is 0 Å². The van der Waals surface area contributed by atoms with Gasteiger partial charge in [-0.3, -0.25) is 9.59 Å². The SMILES string of the molecule is CCCCOC(=O)CCCCCCCCCCCCCCC(CC)CC(=O)OCCCC. The van der Waals surface area contributed by atoms with Crippen LogP contribution in [0.3, 0.4) is 0 Å². The first-order chi connectivity index (χ1) is 15.6. The monoisotopic (exact) mass is 454 g/mol. The Morgan fingerprint density at radius 1 is 0.562 bits per heavy atom. The second kappa shape index (κ2) is 24.6. The number of esters is 2. The predicted octanol–water partition coefficient (Wildman–Crippen LogP) is 8.55. The molecular formula is C28H54O4. The lowest BCUT2D eigenvalue weighted by Crippen LogP contribution is -2.12. The second-order valence-corrected chi connectivity index (χ2v) is 9.41. The van der Waals surface area contributed by atoms with Gasteiger partial charge in [0.1, 0.15) is 0 Å². The van der Waals surface area contributed by atoms with Gasteiger partial charge in [-0.2, -0.15) is 0 Å². The van der Waals surface area contributed by atoms with E-state index in [-0.39, 0.29) is 11.9 Å². The summed E-state index contributed by atoms with van der Waals surface area (Å²) in [5.74, 6) is 0.472. The zero-order chi connectivity index (χ0) is 23.7. The molecule has 0 saturated heterocycles. The Hall–Kier alpha value is -1.06. The van der Waals surface area contributed by atoms with E-state index in [1.54, 1.807) is 0 Å². The molecule has 0 spiro atoms. The topological polar surface area (TPSA) is 52.6 Å². The van der Waals surface area contributed by atoms with E-state index in [4.69, 9.17) is 9.47 Å². The van der Waals surface area contributed by atoms with Crippen LogP contribution in [0.2, 0.25) is 0 Å². The summed E-state index contributed by atoms with van der Waals surface area (Å²) < 4.78 is 10.5. The molecule has 0 aliphatic rings. The van der Waals surface area contributed by atoms with Crippen molar-refractivity contribution in [2.45, 2.75) is 149 Å². The van der Waals surface area contributed by atoms with Crippen LogP contribution in [-0.2, 0) is 19.1 Å². The molecule has 32 heavy (non-hydrogen) atoms. The molecule has 0 N–H and O–H groups in total. The van der Waals surface area contributed by atoms with Gasteiger partial charge in [-0.05, 0) is 31.6 Å². The molecule has 0 aromatic carbocycles. The molecule has 0 radical (unpaired) electrons. The van der Waals surface area contributed by atoms with Crippen molar-refractivity contribution in [3.63, 3.8) is 0 Å². The van der Waals surface area contributed by atoms with Gasteiger partial charge in [0.15, 0.2) is 0 Å². The first-order valence-corrected chi connectivity index (χ1v) is 13.9.